The predicted octanol–water partition coefficient (Wildman–Crippen LogP) is 2.60. The third-order valence-electron chi connectivity index (χ3n) is 3.50. The van der Waals surface area contributed by atoms with Gasteiger partial charge in [0.2, 0.25) is 10.0 Å². The highest BCUT2D eigenvalue weighted by Gasteiger charge is 2.14. The zero-order chi connectivity index (χ0) is 14.4. The van der Waals surface area contributed by atoms with Crippen LogP contribution in [-0.2, 0) is 10.0 Å². The van der Waals surface area contributed by atoms with Crippen molar-refractivity contribution in [2.75, 3.05) is 26.2 Å². The summed E-state index contributed by atoms with van der Waals surface area (Å²) in [4.78, 5) is 2.72. The molecule has 2 rings (SSSR count). The average molecular weight is 361 g/mol. The van der Waals surface area contributed by atoms with E-state index >= 15 is 0 Å². The summed E-state index contributed by atoms with van der Waals surface area (Å²) in [6, 6.07) is 6.77. The number of benzene rings is 1. The van der Waals surface area contributed by atoms with Crippen molar-refractivity contribution in [1.82, 2.24) is 9.62 Å². The number of likely N-dealkylation sites (tertiary alicyclic amines) is 1. The van der Waals surface area contributed by atoms with Gasteiger partial charge in [0.15, 0.2) is 0 Å². The lowest BCUT2D eigenvalue weighted by Crippen LogP contribution is -2.33. The Bertz CT molecular complexity index is 528. The number of nitrogens with zero attached hydrogens (tertiary/aromatic N) is 1. The number of hydrogen-bond donors (Lipinski definition) is 1. The van der Waals surface area contributed by atoms with E-state index in [1.165, 1.54) is 19.3 Å². The highest BCUT2D eigenvalue weighted by Crippen LogP contribution is 2.15. The number of halogens is 1. The second kappa shape index (κ2) is 7.54. The lowest BCUT2D eigenvalue weighted by atomic mass is 10.1. The van der Waals surface area contributed by atoms with Crippen LogP contribution >= 0.6 is 15.9 Å². The SMILES string of the molecule is O=S(=O)(NCCCN1CCCCC1)c1cccc(Br)c1. The Kier molecular flexibility index (Phi) is 6.01. The van der Waals surface area contributed by atoms with Crippen molar-refractivity contribution in [2.45, 2.75) is 30.6 Å². The lowest BCUT2D eigenvalue weighted by Gasteiger charge is -2.26. The van der Waals surface area contributed by atoms with Crippen LogP contribution in [0.5, 0.6) is 0 Å². The van der Waals surface area contributed by atoms with Gasteiger partial charge in [-0.25, -0.2) is 13.1 Å². The smallest absolute Gasteiger partial charge is 0.240 e. The molecule has 0 unspecified atom stereocenters. The van der Waals surface area contributed by atoms with Crippen LogP contribution in [0.1, 0.15) is 25.7 Å². The first-order chi connectivity index (χ1) is 9.58. The van der Waals surface area contributed by atoms with Gasteiger partial charge < -0.3 is 4.90 Å². The highest BCUT2D eigenvalue weighted by molar-refractivity contribution is 9.10. The van der Waals surface area contributed by atoms with Crippen molar-refractivity contribution >= 4 is 26.0 Å². The third kappa shape index (κ3) is 4.84. The summed E-state index contributed by atoms with van der Waals surface area (Å²) in [6.45, 7) is 3.77. The molecule has 1 heterocycles. The zero-order valence-corrected chi connectivity index (χ0v) is 13.9. The van der Waals surface area contributed by atoms with Crippen LogP contribution in [0, 0.1) is 0 Å². The van der Waals surface area contributed by atoms with Gasteiger partial charge in [0.05, 0.1) is 4.90 Å². The topological polar surface area (TPSA) is 49.4 Å². The van der Waals surface area contributed by atoms with Gasteiger partial charge in [0.25, 0.3) is 0 Å². The van der Waals surface area contributed by atoms with Gasteiger partial charge in [-0.15, -0.1) is 0 Å². The molecule has 1 fully saturated rings. The van der Waals surface area contributed by atoms with Crippen molar-refractivity contribution in [3.63, 3.8) is 0 Å². The van der Waals surface area contributed by atoms with Crippen molar-refractivity contribution < 1.29 is 8.42 Å². The summed E-state index contributed by atoms with van der Waals surface area (Å²) in [5, 5.41) is 0. The normalized spacial score (nSPS) is 17.2. The molecule has 6 heteroatoms. The first-order valence-electron chi connectivity index (χ1n) is 7.05. The minimum Gasteiger partial charge on any atom is -0.303 e. The number of piperidine rings is 1. The first-order valence-corrected chi connectivity index (χ1v) is 9.33. The summed E-state index contributed by atoms with van der Waals surface area (Å²) in [6.07, 6.45) is 4.72. The number of sulfonamides is 1. The summed E-state index contributed by atoms with van der Waals surface area (Å²) in [7, 11) is -3.38. The molecule has 1 aliphatic rings. The summed E-state index contributed by atoms with van der Waals surface area (Å²) < 4.78 is 27.6. The fourth-order valence-corrected chi connectivity index (χ4v) is 4.08. The summed E-state index contributed by atoms with van der Waals surface area (Å²) >= 11 is 3.29. The van der Waals surface area contributed by atoms with Gasteiger partial charge in [0, 0.05) is 11.0 Å². The molecular formula is C14H21BrN2O2S. The highest BCUT2D eigenvalue weighted by atomic mass is 79.9. The average Bonchev–Trinajstić information content (AvgIpc) is 2.45. The number of hydrogen-bond acceptors (Lipinski definition) is 3. The molecule has 1 saturated heterocycles. The third-order valence-corrected chi connectivity index (χ3v) is 5.45. The molecule has 0 amide bonds. The van der Waals surface area contributed by atoms with E-state index in [4.69, 9.17) is 0 Å². The van der Waals surface area contributed by atoms with E-state index in [0.29, 0.717) is 11.4 Å². The molecule has 112 valence electrons. The monoisotopic (exact) mass is 360 g/mol. The molecule has 1 N–H and O–H groups in total. The molecule has 0 atom stereocenters. The second-order valence-corrected chi connectivity index (χ2v) is 7.79. The van der Waals surface area contributed by atoms with E-state index in [9.17, 15) is 8.42 Å². The Labute approximate surface area is 129 Å². The van der Waals surface area contributed by atoms with Crippen LogP contribution < -0.4 is 4.72 Å². The van der Waals surface area contributed by atoms with Gasteiger partial charge in [0.1, 0.15) is 0 Å². The minimum absolute atomic E-state index is 0.310. The predicted molar refractivity (Wildman–Crippen MR) is 84.2 cm³/mol. The maximum Gasteiger partial charge on any atom is 0.240 e. The van der Waals surface area contributed by atoms with Crippen LogP contribution in [0.15, 0.2) is 33.6 Å². The second-order valence-electron chi connectivity index (χ2n) is 5.11. The van der Waals surface area contributed by atoms with Crippen molar-refractivity contribution in [3.8, 4) is 0 Å². The molecule has 0 bridgehead atoms. The van der Waals surface area contributed by atoms with E-state index in [2.05, 4.69) is 25.6 Å². The molecule has 4 nitrogen and oxygen atoms in total. The van der Waals surface area contributed by atoms with E-state index < -0.39 is 10.0 Å². The maximum absolute atomic E-state index is 12.1. The number of nitrogens with one attached hydrogen (secondary N) is 1. The standard InChI is InChI=1S/C14H21BrN2O2S/c15-13-6-4-7-14(12-13)20(18,19)16-8-5-11-17-9-2-1-3-10-17/h4,6-7,12,16H,1-3,5,8-11H2. The Morgan fingerprint density at radius 3 is 2.65 bits per heavy atom. The van der Waals surface area contributed by atoms with Crippen molar-refractivity contribution in [2.24, 2.45) is 0 Å². The van der Waals surface area contributed by atoms with Crippen LogP contribution in [0.3, 0.4) is 0 Å². The fourth-order valence-electron chi connectivity index (χ4n) is 2.41. The van der Waals surface area contributed by atoms with Crippen LogP contribution in [0.2, 0.25) is 0 Å². The fraction of sp³-hybridized carbons (Fsp3) is 0.571. The van der Waals surface area contributed by atoms with Gasteiger partial charge in [-0.05, 0) is 57.1 Å². The van der Waals surface area contributed by atoms with Gasteiger partial charge >= 0.3 is 0 Å². The van der Waals surface area contributed by atoms with E-state index in [1.807, 2.05) is 6.07 Å². The Balaban J connectivity index is 1.78. The van der Waals surface area contributed by atoms with Gasteiger partial charge in [-0.3, -0.25) is 0 Å². The van der Waals surface area contributed by atoms with Gasteiger partial charge in [-0.2, -0.15) is 0 Å². The quantitative estimate of drug-likeness (QED) is 0.793. The Morgan fingerprint density at radius 2 is 1.95 bits per heavy atom. The molecule has 0 aliphatic carbocycles. The molecule has 1 aliphatic heterocycles. The summed E-state index contributed by atoms with van der Waals surface area (Å²) in [5.74, 6) is 0. The van der Waals surface area contributed by atoms with Crippen molar-refractivity contribution in [3.05, 3.63) is 28.7 Å². The molecular weight excluding hydrogens is 340 g/mol. The van der Waals surface area contributed by atoms with Crippen LogP contribution in [-0.4, -0.2) is 39.5 Å². The van der Waals surface area contributed by atoms with E-state index in [-0.39, 0.29) is 0 Å². The molecule has 20 heavy (non-hydrogen) atoms. The molecule has 0 spiro atoms. The first kappa shape index (κ1) is 15.9. The van der Waals surface area contributed by atoms with Crippen LogP contribution in [0.4, 0.5) is 0 Å². The molecule has 1 aromatic rings. The van der Waals surface area contributed by atoms with Gasteiger partial charge in [-0.1, -0.05) is 28.4 Å². The van der Waals surface area contributed by atoms with Crippen molar-refractivity contribution in [1.29, 1.82) is 0 Å². The van der Waals surface area contributed by atoms with Crippen LogP contribution in [0.25, 0.3) is 0 Å². The zero-order valence-electron chi connectivity index (χ0n) is 11.5. The maximum atomic E-state index is 12.1. The summed E-state index contributed by atoms with van der Waals surface area (Å²) in [5.41, 5.74) is 0. The number of rotatable bonds is 6. The molecule has 0 aromatic heterocycles. The van der Waals surface area contributed by atoms with E-state index in [1.54, 1.807) is 18.2 Å². The molecule has 0 radical (unpaired) electrons. The largest absolute Gasteiger partial charge is 0.303 e. The molecule has 1 aromatic carbocycles. The molecule has 0 saturated carbocycles. The minimum atomic E-state index is -3.38. The Hall–Kier alpha value is -0.430. The lowest BCUT2D eigenvalue weighted by molar-refractivity contribution is 0.227. The Morgan fingerprint density at radius 1 is 1.20 bits per heavy atom. The van der Waals surface area contributed by atoms with E-state index in [0.717, 1.165) is 30.5 Å².